The van der Waals surface area contributed by atoms with Gasteiger partial charge in [-0.25, -0.2) is 0 Å². The Morgan fingerprint density at radius 1 is 1.04 bits per heavy atom. The predicted molar refractivity (Wildman–Crippen MR) is 103 cm³/mol. The number of hydrogen-bond acceptors (Lipinski definition) is 4. The van der Waals surface area contributed by atoms with E-state index in [1.807, 2.05) is 31.2 Å². The van der Waals surface area contributed by atoms with Gasteiger partial charge in [-0.3, -0.25) is 4.79 Å². The number of aromatic nitrogens is 4. The molecule has 0 fully saturated rings. The van der Waals surface area contributed by atoms with Crippen molar-refractivity contribution in [2.45, 2.75) is 27.3 Å². The molecule has 0 amide bonds. The highest BCUT2D eigenvalue weighted by atomic mass is 16.3. The van der Waals surface area contributed by atoms with Crippen molar-refractivity contribution in [3.63, 3.8) is 0 Å². The van der Waals surface area contributed by atoms with Gasteiger partial charge in [-0.15, -0.1) is 4.68 Å². The molecular weight excluding hydrogens is 340 g/mol. The van der Waals surface area contributed by atoms with Crippen molar-refractivity contribution in [1.29, 1.82) is 0 Å². The molecule has 0 aliphatic heterocycles. The maximum atomic E-state index is 13.2. The maximum absolute atomic E-state index is 13.2. The summed E-state index contributed by atoms with van der Waals surface area (Å²) in [5, 5.41) is 19.3. The molecule has 0 radical (unpaired) electrons. The number of carbonyl (C=O) groups is 1. The first-order valence-electron chi connectivity index (χ1n) is 8.90. The average Bonchev–Trinajstić information content (AvgIpc) is 3.03. The number of tetrazole rings is 1. The van der Waals surface area contributed by atoms with Gasteiger partial charge in [0.2, 0.25) is 11.5 Å². The molecule has 0 spiro atoms. The first kappa shape index (κ1) is 18.5. The predicted octanol–water partition coefficient (Wildman–Crippen LogP) is 3.30. The minimum atomic E-state index is -0.318. The van der Waals surface area contributed by atoms with E-state index in [1.54, 1.807) is 41.1 Å². The minimum Gasteiger partial charge on any atom is -0.504 e. The van der Waals surface area contributed by atoms with Crippen LogP contribution in [0.15, 0.2) is 60.7 Å². The number of allylic oxidation sites excluding steroid dienone is 1. The van der Waals surface area contributed by atoms with Crippen molar-refractivity contribution in [3.05, 3.63) is 77.6 Å². The molecule has 27 heavy (non-hydrogen) atoms. The lowest BCUT2D eigenvalue weighted by Crippen LogP contribution is -2.41. The Hall–Kier alpha value is -3.28. The fraction of sp³-hybridized carbons (Fsp3) is 0.238. The van der Waals surface area contributed by atoms with Crippen molar-refractivity contribution < 1.29 is 14.6 Å². The molecule has 0 bridgehead atoms. The lowest BCUT2D eigenvalue weighted by Gasteiger charge is -2.07. The molecule has 1 heterocycles. The van der Waals surface area contributed by atoms with E-state index >= 15 is 0 Å². The van der Waals surface area contributed by atoms with Crippen LogP contribution in [0.25, 0.3) is 11.5 Å². The molecule has 0 saturated carbocycles. The molecule has 138 valence electrons. The van der Waals surface area contributed by atoms with E-state index in [0.717, 1.165) is 0 Å². The average molecular weight is 363 g/mol. The molecular formula is C21H23N4O2+. The van der Waals surface area contributed by atoms with Crippen LogP contribution in [0, 0.1) is 12.8 Å². The lowest BCUT2D eigenvalue weighted by molar-refractivity contribution is -0.764. The van der Waals surface area contributed by atoms with Gasteiger partial charge < -0.3 is 5.11 Å². The smallest absolute Gasteiger partial charge is 0.260 e. The summed E-state index contributed by atoms with van der Waals surface area (Å²) in [5.41, 5.74) is 1.10. The van der Waals surface area contributed by atoms with Gasteiger partial charge in [0.1, 0.15) is 5.21 Å². The number of nitrogens with zero attached hydrogens (tertiary/aromatic N) is 4. The molecule has 3 aromatic rings. The third kappa shape index (κ3) is 3.95. The Morgan fingerprint density at radius 2 is 1.59 bits per heavy atom. The third-order valence-corrected chi connectivity index (χ3v) is 4.19. The van der Waals surface area contributed by atoms with Gasteiger partial charge in [0.25, 0.3) is 5.82 Å². The number of aliphatic hydroxyl groups is 1. The largest absolute Gasteiger partial charge is 0.504 e. The third-order valence-electron chi connectivity index (χ3n) is 4.19. The maximum Gasteiger partial charge on any atom is 0.260 e. The highest BCUT2D eigenvalue weighted by Crippen LogP contribution is 2.23. The van der Waals surface area contributed by atoms with Gasteiger partial charge in [-0.1, -0.05) is 74.5 Å². The Kier molecular flexibility index (Phi) is 5.45. The summed E-state index contributed by atoms with van der Waals surface area (Å²) in [6.07, 6.45) is 0. The second-order valence-corrected chi connectivity index (χ2v) is 6.77. The molecule has 3 rings (SSSR count). The highest BCUT2D eigenvalue weighted by molar-refractivity contribution is 6.29. The Bertz CT molecular complexity index is 960. The summed E-state index contributed by atoms with van der Waals surface area (Å²) < 4.78 is 3.15. The second-order valence-electron chi connectivity index (χ2n) is 6.77. The van der Waals surface area contributed by atoms with Crippen LogP contribution in [-0.4, -0.2) is 26.0 Å². The summed E-state index contributed by atoms with van der Waals surface area (Å²) in [5.74, 6) is 0.597. The summed E-state index contributed by atoms with van der Waals surface area (Å²) in [6.45, 7) is 6.67. The molecule has 0 saturated heterocycles. The van der Waals surface area contributed by atoms with Crippen LogP contribution in [0.3, 0.4) is 0 Å². The summed E-state index contributed by atoms with van der Waals surface area (Å²) in [6, 6.07) is 17.8. The molecule has 6 heteroatoms. The van der Waals surface area contributed by atoms with Crippen molar-refractivity contribution >= 4 is 17.2 Å². The van der Waals surface area contributed by atoms with Crippen LogP contribution >= 0.6 is 0 Å². The van der Waals surface area contributed by atoms with Crippen LogP contribution in [0.4, 0.5) is 0 Å². The van der Waals surface area contributed by atoms with Gasteiger partial charge in [0.05, 0.1) is 6.54 Å². The van der Waals surface area contributed by atoms with Gasteiger partial charge in [-0.2, -0.15) is 0 Å². The normalized spacial score (nSPS) is 12.1. The van der Waals surface area contributed by atoms with Crippen molar-refractivity contribution in [1.82, 2.24) is 15.1 Å². The van der Waals surface area contributed by atoms with E-state index in [2.05, 4.69) is 24.3 Å². The van der Waals surface area contributed by atoms with E-state index in [-0.39, 0.29) is 17.2 Å². The van der Waals surface area contributed by atoms with E-state index in [0.29, 0.717) is 29.4 Å². The number of aliphatic hydroxyl groups excluding tert-OH is 1. The Labute approximate surface area is 158 Å². The number of ketones is 1. The van der Waals surface area contributed by atoms with Crippen LogP contribution in [0.1, 0.15) is 35.6 Å². The molecule has 0 aliphatic carbocycles. The number of carbonyl (C=O) groups excluding carboxylic acids is 1. The zero-order valence-electron chi connectivity index (χ0n) is 15.7. The SMILES string of the molecule is Cc1n(/C(C(=O)c2ccccc2)=C(\O)c2ccccc2)nn[n+]1CC(C)C. The zero-order chi connectivity index (χ0) is 19.4. The standard InChI is InChI=1S/C21H22N4O2/c1-15(2)14-24-16(3)25(23-22-24)19(20(26)17-10-6-4-7-11-17)21(27)18-12-8-5-9-13-18/h4-13,15H,14H2,1-3H3/p+1. The quantitative estimate of drug-likeness (QED) is 0.316. The van der Waals surface area contributed by atoms with E-state index in [9.17, 15) is 9.90 Å². The van der Waals surface area contributed by atoms with E-state index in [1.165, 1.54) is 4.68 Å². The Balaban J connectivity index is 2.17. The van der Waals surface area contributed by atoms with Gasteiger partial charge >= 0.3 is 0 Å². The van der Waals surface area contributed by atoms with Gasteiger partial charge in [-0.05, 0) is 10.6 Å². The van der Waals surface area contributed by atoms with Crippen LogP contribution in [-0.2, 0) is 6.54 Å². The van der Waals surface area contributed by atoms with Crippen molar-refractivity contribution in [2.75, 3.05) is 0 Å². The molecule has 0 aliphatic rings. The molecule has 1 N–H and O–H groups in total. The molecule has 1 aromatic heterocycles. The monoisotopic (exact) mass is 363 g/mol. The molecule has 0 atom stereocenters. The fourth-order valence-electron chi connectivity index (χ4n) is 2.81. The fourth-order valence-corrected chi connectivity index (χ4v) is 2.81. The van der Waals surface area contributed by atoms with Crippen LogP contribution < -0.4 is 4.68 Å². The highest BCUT2D eigenvalue weighted by Gasteiger charge is 2.30. The number of hydrogen-bond donors (Lipinski definition) is 1. The van der Waals surface area contributed by atoms with Crippen molar-refractivity contribution in [2.24, 2.45) is 5.92 Å². The van der Waals surface area contributed by atoms with Gasteiger partial charge in [0.15, 0.2) is 11.0 Å². The minimum absolute atomic E-state index is 0.0832. The van der Waals surface area contributed by atoms with Crippen LogP contribution in [0.5, 0.6) is 0 Å². The topological polar surface area (TPSA) is 71.9 Å². The van der Waals surface area contributed by atoms with Crippen LogP contribution in [0.2, 0.25) is 0 Å². The van der Waals surface area contributed by atoms with E-state index < -0.39 is 0 Å². The second kappa shape index (κ2) is 7.95. The number of rotatable bonds is 6. The molecule has 2 aromatic carbocycles. The first-order chi connectivity index (χ1) is 13.0. The first-order valence-corrected chi connectivity index (χ1v) is 8.90. The number of Topliss-reactive ketones (excluding diaryl/α,β-unsaturated/α-hetero) is 1. The Morgan fingerprint density at radius 3 is 2.15 bits per heavy atom. The summed E-state index contributed by atoms with van der Waals surface area (Å²) in [4.78, 5) is 13.2. The summed E-state index contributed by atoms with van der Waals surface area (Å²) in [7, 11) is 0. The van der Waals surface area contributed by atoms with E-state index in [4.69, 9.17) is 0 Å². The number of benzene rings is 2. The summed E-state index contributed by atoms with van der Waals surface area (Å²) >= 11 is 0. The van der Waals surface area contributed by atoms with Gasteiger partial charge in [0, 0.05) is 18.1 Å². The van der Waals surface area contributed by atoms with Crippen molar-refractivity contribution in [3.8, 4) is 0 Å². The molecule has 0 unspecified atom stereocenters. The lowest BCUT2D eigenvalue weighted by atomic mass is 10.0. The molecule has 6 nitrogen and oxygen atoms in total. The zero-order valence-corrected chi connectivity index (χ0v) is 15.7.